The van der Waals surface area contributed by atoms with E-state index in [-0.39, 0.29) is 5.91 Å². The Hall–Kier alpha value is -2.53. The van der Waals surface area contributed by atoms with E-state index in [0.717, 1.165) is 41.2 Å². The fourth-order valence-electron chi connectivity index (χ4n) is 2.69. The maximum absolute atomic E-state index is 12.5. The molecule has 0 radical (unpaired) electrons. The van der Waals surface area contributed by atoms with Crippen LogP contribution in [0.4, 0.5) is 0 Å². The maximum atomic E-state index is 12.5. The highest BCUT2D eigenvalue weighted by atomic mass is 16.6. The zero-order valence-corrected chi connectivity index (χ0v) is 13.8. The first-order valence-electron chi connectivity index (χ1n) is 8.17. The SMILES string of the molecule is CNCCc1ccccc1C(=O)NCc1ccc2c(c1)OCCO2. The van der Waals surface area contributed by atoms with Crippen LogP contribution in [0.2, 0.25) is 0 Å². The van der Waals surface area contributed by atoms with Crippen LogP contribution in [0.1, 0.15) is 21.5 Å². The van der Waals surface area contributed by atoms with Crippen molar-refractivity contribution in [3.63, 3.8) is 0 Å². The lowest BCUT2D eigenvalue weighted by Crippen LogP contribution is -2.25. The number of hydrogen-bond donors (Lipinski definition) is 2. The Morgan fingerprint density at radius 3 is 2.71 bits per heavy atom. The first-order valence-corrected chi connectivity index (χ1v) is 8.17. The van der Waals surface area contributed by atoms with Gasteiger partial charge < -0.3 is 20.1 Å². The minimum absolute atomic E-state index is 0.0587. The second-order valence-electron chi connectivity index (χ2n) is 5.67. The molecule has 0 unspecified atom stereocenters. The van der Waals surface area contributed by atoms with Crippen LogP contribution in [-0.2, 0) is 13.0 Å². The Morgan fingerprint density at radius 2 is 1.88 bits per heavy atom. The third-order valence-electron chi connectivity index (χ3n) is 3.97. The van der Waals surface area contributed by atoms with Gasteiger partial charge in [0.15, 0.2) is 11.5 Å². The van der Waals surface area contributed by atoms with Crippen LogP contribution >= 0.6 is 0 Å². The molecular weight excluding hydrogens is 304 g/mol. The van der Waals surface area contributed by atoms with Gasteiger partial charge in [0.1, 0.15) is 13.2 Å². The molecule has 2 N–H and O–H groups in total. The van der Waals surface area contributed by atoms with E-state index in [1.54, 1.807) is 0 Å². The molecule has 0 spiro atoms. The first-order chi connectivity index (χ1) is 11.8. The third kappa shape index (κ3) is 3.86. The zero-order valence-electron chi connectivity index (χ0n) is 13.8. The van der Waals surface area contributed by atoms with E-state index in [0.29, 0.717) is 19.8 Å². The molecule has 1 aliphatic heterocycles. The van der Waals surface area contributed by atoms with Crippen LogP contribution < -0.4 is 20.1 Å². The molecule has 0 aliphatic carbocycles. The van der Waals surface area contributed by atoms with Gasteiger partial charge in [-0.1, -0.05) is 24.3 Å². The van der Waals surface area contributed by atoms with Gasteiger partial charge in [0, 0.05) is 12.1 Å². The summed E-state index contributed by atoms with van der Waals surface area (Å²) in [5.41, 5.74) is 2.76. The molecule has 0 fully saturated rings. The molecular formula is C19H22N2O3. The lowest BCUT2D eigenvalue weighted by molar-refractivity contribution is 0.0950. The highest BCUT2D eigenvalue weighted by Crippen LogP contribution is 2.30. The summed E-state index contributed by atoms with van der Waals surface area (Å²) < 4.78 is 11.1. The number of likely N-dealkylation sites (N-methyl/N-ethyl adjacent to an activating group) is 1. The topological polar surface area (TPSA) is 59.6 Å². The summed E-state index contributed by atoms with van der Waals surface area (Å²) in [7, 11) is 1.91. The summed E-state index contributed by atoms with van der Waals surface area (Å²) >= 11 is 0. The highest BCUT2D eigenvalue weighted by molar-refractivity contribution is 5.95. The van der Waals surface area contributed by atoms with Crippen molar-refractivity contribution in [3.8, 4) is 11.5 Å². The van der Waals surface area contributed by atoms with Crippen molar-refractivity contribution >= 4 is 5.91 Å². The van der Waals surface area contributed by atoms with Crippen molar-refractivity contribution in [2.45, 2.75) is 13.0 Å². The number of carbonyl (C=O) groups excluding carboxylic acids is 1. The van der Waals surface area contributed by atoms with E-state index >= 15 is 0 Å². The fourth-order valence-corrected chi connectivity index (χ4v) is 2.69. The molecule has 0 aromatic heterocycles. The number of rotatable bonds is 6. The molecule has 5 nitrogen and oxygen atoms in total. The van der Waals surface area contributed by atoms with Gasteiger partial charge in [-0.15, -0.1) is 0 Å². The first kappa shape index (κ1) is 16.3. The predicted octanol–water partition coefficient (Wildman–Crippen LogP) is 2.15. The van der Waals surface area contributed by atoms with E-state index in [9.17, 15) is 4.79 Å². The van der Waals surface area contributed by atoms with Gasteiger partial charge in [0.2, 0.25) is 0 Å². The molecule has 0 saturated carbocycles. The fraction of sp³-hybridized carbons (Fsp3) is 0.316. The summed E-state index contributed by atoms with van der Waals surface area (Å²) in [6.45, 7) is 2.43. The van der Waals surface area contributed by atoms with Crippen molar-refractivity contribution < 1.29 is 14.3 Å². The summed E-state index contributed by atoms with van der Waals surface area (Å²) in [4.78, 5) is 12.5. The molecule has 2 aromatic rings. The van der Waals surface area contributed by atoms with E-state index in [2.05, 4.69) is 10.6 Å². The predicted molar refractivity (Wildman–Crippen MR) is 92.7 cm³/mol. The highest BCUT2D eigenvalue weighted by Gasteiger charge is 2.13. The minimum atomic E-state index is -0.0587. The Balaban J connectivity index is 1.65. The van der Waals surface area contributed by atoms with E-state index in [1.807, 2.05) is 49.5 Å². The maximum Gasteiger partial charge on any atom is 0.251 e. The quantitative estimate of drug-likeness (QED) is 0.854. The average molecular weight is 326 g/mol. The number of carbonyl (C=O) groups is 1. The Labute approximate surface area is 142 Å². The monoisotopic (exact) mass is 326 g/mol. The van der Waals surface area contributed by atoms with Gasteiger partial charge in [-0.3, -0.25) is 4.79 Å². The van der Waals surface area contributed by atoms with Crippen LogP contribution in [0.25, 0.3) is 0 Å². The normalized spacial score (nSPS) is 12.7. The molecule has 0 bridgehead atoms. The molecule has 0 saturated heterocycles. The van der Waals surface area contributed by atoms with Crippen LogP contribution in [0.15, 0.2) is 42.5 Å². The number of hydrogen-bond acceptors (Lipinski definition) is 4. The van der Waals surface area contributed by atoms with Crippen LogP contribution in [0.3, 0.4) is 0 Å². The second kappa shape index (κ2) is 7.84. The Bertz CT molecular complexity index is 716. The van der Waals surface area contributed by atoms with Gasteiger partial charge >= 0.3 is 0 Å². The van der Waals surface area contributed by atoms with Crippen LogP contribution in [0.5, 0.6) is 11.5 Å². The Morgan fingerprint density at radius 1 is 1.08 bits per heavy atom. The van der Waals surface area contributed by atoms with Crippen molar-refractivity contribution in [2.24, 2.45) is 0 Å². The minimum Gasteiger partial charge on any atom is -0.486 e. The summed E-state index contributed by atoms with van der Waals surface area (Å²) in [5, 5.41) is 6.09. The molecule has 24 heavy (non-hydrogen) atoms. The number of ether oxygens (including phenoxy) is 2. The molecule has 3 rings (SSSR count). The average Bonchev–Trinajstić information content (AvgIpc) is 2.64. The second-order valence-corrected chi connectivity index (χ2v) is 5.67. The lowest BCUT2D eigenvalue weighted by Gasteiger charge is -2.19. The van der Waals surface area contributed by atoms with Crippen molar-refractivity contribution in [3.05, 3.63) is 59.2 Å². The molecule has 1 aliphatic rings. The lowest BCUT2D eigenvalue weighted by atomic mass is 10.0. The summed E-state index contributed by atoms with van der Waals surface area (Å²) in [6.07, 6.45) is 0.824. The molecule has 1 amide bonds. The molecule has 2 aromatic carbocycles. The van der Waals surface area contributed by atoms with Gasteiger partial charge in [-0.05, 0) is 49.3 Å². The van der Waals surface area contributed by atoms with Crippen molar-refractivity contribution in [1.29, 1.82) is 0 Å². The molecule has 1 heterocycles. The van der Waals surface area contributed by atoms with E-state index in [4.69, 9.17) is 9.47 Å². The van der Waals surface area contributed by atoms with Crippen molar-refractivity contribution in [1.82, 2.24) is 10.6 Å². The summed E-state index contributed by atoms with van der Waals surface area (Å²) in [6, 6.07) is 13.5. The summed E-state index contributed by atoms with van der Waals surface area (Å²) in [5.74, 6) is 1.44. The molecule has 5 heteroatoms. The number of amides is 1. The number of nitrogens with one attached hydrogen (secondary N) is 2. The van der Waals surface area contributed by atoms with Gasteiger partial charge in [-0.2, -0.15) is 0 Å². The smallest absolute Gasteiger partial charge is 0.251 e. The molecule has 0 atom stereocenters. The van der Waals surface area contributed by atoms with E-state index in [1.165, 1.54) is 0 Å². The number of fused-ring (bicyclic) bond motifs is 1. The van der Waals surface area contributed by atoms with Gasteiger partial charge in [0.25, 0.3) is 5.91 Å². The Kier molecular flexibility index (Phi) is 5.33. The van der Waals surface area contributed by atoms with Crippen molar-refractivity contribution in [2.75, 3.05) is 26.8 Å². The van der Waals surface area contributed by atoms with Gasteiger partial charge in [0.05, 0.1) is 0 Å². The standard InChI is InChI=1S/C19H22N2O3/c1-20-9-8-15-4-2-3-5-16(15)19(22)21-13-14-6-7-17-18(12-14)24-11-10-23-17/h2-7,12,20H,8-11,13H2,1H3,(H,21,22). The third-order valence-corrected chi connectivity index (χ3v) is 3.97. The van der Waals surface area contributed by atoms with Crippen LogP contribution in [-0.4, -0.2) is 32.7 Å². The van der Waals surface area contributed by atoms with E-state index < -0.39 is 0 Å². The van der Waals surface area contributed by atoms with Gasteiger partial charge in [-0.25, -0.2) is 0 Å². The van der Waals surface area contributed by atoms with Crippen LogP contribution in [0, 0.1) is 0 Å². The zero-order chi connectivity index (χ0) is 16.8. The molecule has 126 valence electrons. The largest absolute Gasteiger partial charge is 0.486 e. The number of benzene rings is 2.